The molecule has 0 spiro atoms. The lowest BCUT2D eigenvalue weighted by molar-refractivity contribution is -0.138. The third kappa shape index (κ3) is 4.96. The number of hydrogen-bond donors (Lipinski definition) is 2. The van der Waals surface area contributed by atoms with Crippen LogP contribution in [0.15, 0.2) is 23.3 Å². The van der Waals surface area contributed by atoms with E-state index < -0.39 is 5.97 Å². The van der Waals surface area contributed by atoms with Crippen molar-refractivity contribution >= 4 is 5.97 Å². The molecule has 0 unspecified atom stereocenters. The van der Waals surface area contributed by atoms with Crippen molar-refractivity contribution in [3.63, 3.8) is 0 Å². The summed E-state index contributed by atoms with van der Waals surface area (Å²) in [5.74, 6) is -0.869. The van der Waals surface area contributed by atoms with E-state index in [1.165, 1.54) is 0 Å². The number of carboxylic acid groups (broad SMARTS) is 1. The van der Waals surface area contributed by atoms with Crippen molar-refractivity contribution in [2.45, 2.75) is 13.1 Å². The lowest BCUT2D eigenvalue weighted by atomic mass is 10.3. The Labute approximate surface area is 98.3 Å². The molecule has 0 aromatic carbocycles. The Bertz CT molecular complexity index is 442. The van der Waals surface area contributed by atoms with Gasteiger partial charge in [0.15, 0.2) is 6.54 Å². The number of hydrogen-bond acceptors (Lipinski definition) is 5. The molecule has 0 aliphatic heterocycles. The molecule has 1 aromatic rings. The monoisotopic (exact) mass is 236 g/mol. The molecule has 17 heavy (non-hydrogen) atoms. The molecule has 1 heterocycles. The molecule has 90 valence electrons. The van der Waals surface area contributed by atoms with E-state index in [4.69, 9.17) is 10.6 Å². The van der Waals surface area contributed by atoms with Gasteiger partial charge in [-0.2, -0.15) is 0 Å². The number of carbonyl (C=O) groups is 1. The van der Waals surface area contributed by atoms with Crippen molar-refractivity contribution in [2.24, 2.45) is 5.11 Å². The van der Waals surface area contributed by atoms with Gasteiger partial charge in [0, 0.05) is 6.54 Å². The number of aliphatic carboxylic acids is 1. The highest BCUT2D eigenvalue weighted by Gasteiger charge is 2.06. The second-order valence-electron chi connectivity index (χ2n) is 3.59. The van der Waals surface area contributed by atoms with Crippen LogP contribution in [-0.4, -0.2) is 34.6 Å². The molecule has 7 heteroatoms. The molecule has 1 rings (SSSR count). The summed E-state index contributed by atoms with van der Waals surface area (Å²) < 4.78 is 0. The molecular weight excluding hydrogens is 222 g/mol. The molecular formula is C10H14N5O2+. The zero-order valence-corrected chi connectivity index (χ0v) is 9.50. The number of aromatic nitrogens is 1. The molecule has 0 bridgehead atoms. The molecule has 0 saturated heterocycles. The zero-order valence-electron chi connectivity index (χ0n) is 9.50. The SMILES string of the molecule is CN(CC(=O)O)Cc1cccc(CN=[N+]=N)n1. The molecule has 0 radical (unpaired) electrons. The first-order valence-corrected chi connectivity index (χ1v) is 5.00. The van der Waals surface area contributed by atoms with Gasteiger partial charge in [-0.3, -0.25) is 14.7 Å². The van der Waals surface area contributed by atoms with Crippen LogP contribution < -0.4 is 4.91 Å². The van der Waals surface area contributed by atoms with Gasteiger partial charge in [-0.05, 0) is 19.2 Å². The van der Waals surface area contributed by atoms with Gasteiger partial charge < -0.3 is 5.11 Å². The minimum Gasteiger partial charge on any atom is -0.480 e. The maximum atomic E-state index is 10.5. The number of nitrogens with zero attached hydrogens (tertiary/aromatic N) is 4. The van der Waals surface area contributed by atoms with Gasteiger partial charge in [0.05, 0.1) is 17.9 Å². The fourth-order valence-corrected chi connectivity index (χ4v) is 1.38. The fourth-order valence-electron chi connectivity index (χ4n) is 1.38. The Kier molecular flexibility index (Phi) is 4.93. The van der Waals surface area contributed by atoms with E-state index in [2.05, 4.69) is 15.0 Å². The van der Waals surface area contributed by atoms with Crippen molar-refractivity contribution in [1.82, 2.24) is 14.8 Å². The Hall–Kier alpha value is -2.11. The molecule has 0 amide bonds. The standard InChI is InChI=1S/C10H13N5O2/c1-15(7-10(16)17)6-9-4-2-3-8(13-9)5-12-14-11/h2-4,11H,5-7H2,1H3/p+1. The summed E-state index contributed by atoms with van der Waals surface area (Å²) in [4.78, 5) is 19.3. The first-order valence-electron chi connectivity index (χ1n) is 5.00. The number of likely N-dealkylation sites (N-methyl/N-ethyl adjacent to an activating group) is 1. The third-order valence-corrected chi connectivity index (χ3v) is 2.00. The summed E-state index contributed by atoms with van der Waals surface area (Å²) >= 11 is 0. The molecule has 0 atom stereocenters. The van der Waals surface area contributed by atoms with E-state index in [0.29, 0.717) is 12.2 Å². The van der Waals surface area contributed by atoms with Gasteiger partial charge in [0.2, 0.25) is 4.91 Å². The Morgan fingerprint density at radius 2 is 2.29 bits per heavy atom. The zero-order chi connectivity index (χ0) is 12.7. The Morgan fingerprint density at radius 1 is 1.59 bits per heavy atom. The van der Waals surface area contributed by atoms with Gasteiger partial charge in [-0.25, -0.2) is 0 Å². The van der Waals surface area contributed by atoms with Crippen LogP contribution in [0.4, 0.5) is 0 Å². The molecule has 2 N–H and O–H groups in total. The lowest BCUT2D eigenvalue weighted by Gasteiger charge is -2.13. The predicted molar refractivity (Wildman–Crippen MR) is 59.2 cm³/mol. The van der Waals surface area contributed by atoms with Gasteiger partial charge in [-0.15, -0.1) is 0 Å². The van der Waals surface area contributed by atoms with Gasteiger partial charge in [0.1, 0.15) is 10.6 Å². The van der Waals surface area contributed by atoms with Crippen LogP contribution in [0.5, 0.6) is 0 Å². The average Bonchev–Trinajstić information content (AvgIpc) is 2.25. The first-order chi connectivity index (χ1) is 8.11. The van der Waals surface area contributed by atoms with Crippen LogP contribution in [0, 0.1) is 5.53 Å². The minimum absolute atomic E-state index is 0.0294. The molecule has 0 aliphatic rings. The number of carboxylic acids is 1. The quantitative estimate of drug-likeness (QED) is 0.558. The van der Waals surface area contributed by atoms with Gasteiger partial charge in [-0.1, -0.05) is 6.07 Å². The van der Waals surface area contributed by atoms with Crippen LogP contribution >= 0.6 is 0 Å². The van der Waals surface area contributed by atoms with Crippen molar-refractivity contribution in [3.05, 3.63) is 29.6 Å². The maximum Gasteiger partial charge on any atom is 0.317 e. The van der Waals surface area contributed by atoms with Crippen molar-refractivity contribution < 1.29 is 9.90 Å². The highest BCUT2D eigenvalue weighted by molar-refractivity contribution is 5.68. The van der Waals surface area contributed by atoms with Crippen molar-refractivity contribution in [3.8, 4) is 0 Å². The van der Waals surface area contributed by atoms with Gasteiger partial charge >= 0.3 is 5.97 Å². The Morgan fingerprint density at radius 3 is 2.94 bits per heavy atom. The van der Waals surface area contributed by atoms with Crippen LogP contribution in [0.25, 0.3) is 0 Å². The summed E-state index contributed by atoms with van der Waals surface area (Å²) in [5, 5.41) is 12.2. The average molecular weight is 236 g/mol. The molecule has 0 aliphatic carbocycles. The first kappa shape index (κ1) is 13.0. The largest absolute Gasteiger partial charge is 0.480 e. The highest BCUT2D eigenvalue weighted by atomic mass is 16.4. The third-order valence-electron chi connectivity index (χ3n) is 2.00. The van der Waals surface area contributed by atoms with E-state index in [0.717, 1.165) is 5.69 Å². The summed E-state index contributed by atoms with van der Waals surface area (Å²) in [6.45, 7) is 0.691. The Balaban J connectivity index is 2.64. The van der Waals surface area contributed by atoms with E-state index in [1.54, 1.807) is 18.0 Å². The van der Waals surface area contributed by atoms with Crippen LogP contribution in [0.1, 0.15) is 11.4 Å². The summed E-state index contributed by atoms with van der Waals surface area (Å²) in [5.41, 5.74) is 8.03. The molecule has 7 nitrogen and oxygen atoms in total. The lowest BCUT2D eigenvalue weighted by Crippen LogP contribution is -2.25. The fraction of sp³-hybridized carbons (Fsp3) is 0.400. The highest BCUT2D eigenvalue weighted by Crippen LogP contribution is 2.03. The van der Waals surface area contributed by atoms with Crippen LogP contribution in [0.3, 0.4) is 0 Å². The smallest absolute Gasteiger partial charge is 0.317 e. The van der Waals surface area contributed by atoms with Gasteiger partial charge in [0.25, 0.3) is 0 Å². The summed E-state index contributed by atoms with van der Waals surface area (Å²) in [7, 11) is 1.71. The molecule has 1 aromatic heterocycles. The van der Waals surface area contributed by atoms with Crippen LogP contribution in [0.2, 0.25) is 0 Å². The number of nitrogens with one attached hydrogen (secondary N) is 1. The molecule has 0 saturated carbocycles. The second-order valence-corrected chi connectivity index (χ2v) is 3.59. The maximum absolute atomic E-state index is 10.5. The van der Waals surface area contributed by atoms with Crippen molar-refractivity contribution in [2.75, 3.05) is 13.6 Å². The minimum atomic E-state index is -0.869. The number of pyridine rings is 1. The summed E-state index contributed by atoms with van der Waals surface area (Å²) in [6.07, 6.45) is 0. The van der Waals surface area contributed by atoms with Crippen molar-refractivity contribution in [1.29, 1.82) is 5.53 Å². The van der Waals surface area contributed by atoms with Crippen LogP contribution in [-0.2, 0) is 17.9 Å². The van der Waals surface area contributed by atoms with E-state index >= 15 is 0 Å². The van der Waals surface area contributed by atoms with E-state index in [-0.39, 0.29) is 13.1 Å². The number of rotatable bonds is 6. The molecule has 0 fully saturated rings. The normalized spacial score (nSPS) is 10.0. The van der Waals surface area contributed by atoms with E-state index in [1.807, 2.05) is 12.1 Å². The topological polar surface area (TPSA) is 104 Å². The second kappa shape index (κ2) is 6.47. The predicted octanol–water partition coefficient (Wildman–Crippen LogP) is 0.648. The van der Waals surface area contributed by atoms with E-state index in [9.17, 15) is 4.79 Å². The summed E-state index contributed by atoms with van der Waals surface area (Å²) in [6, 6.07) is 5.43.